The highest BCUT2D eigenvalue weighted by molar-refractivity contribution is 5.81. The van der Waals surface area contributed by atoms with Crippen LogP contribution in [0.5, 0.6) is 0 Å². The molecule has 1 rings (SSSR count). The first-order chi connectivity index (χ1) is 17.5. The van der Waals surface area contributed by atoms with Gasteiger partial charge in [-0.3, -0.25) is 9.59 Å². The molecule has 10 nitrogen and oxygen atoms in total. The van der Waals surface area contributed by atoms with E-state index in [-0.39, 0.29) is 0 Å². The molecule has 0 fully saturated rings. The Bertz CT molecular complexity index is 416. The molecule has 0 N–H and O–H groups in total. The first-order valence-corrected chi connectivity index (χ1v) is 12.5. The van der Waals surface area contributed by atoms with E-state index >= 15 is 0 Å². The van der Waals surface area contributed by atoms with Crippen molar-refractivity contribution in [1.82, 2.24) is 0 Å². The topological polar surface area (TPSA) is 108 Å². The van der Waals surface area contributed by atoms with Crippen LogP contribution >= 0.6 is 0 Å². The number of hydrogen-bond donors (Lipinski definition) is 0. The van der Waals surface area contributed by atoms with Crippen molar-refractivity contribution in [2.75, 3.05) is 52.9 Å². The molecule has 0 radical (unpaired) electrons. The lowest BCUT2D eigenvalue weighted by Crippen LogP contribution is -1.90. The zero-order valence-electron chi connectivity index (χ0n) is 24.2. The zero-order valence-corrected chi connectivity index (χ0v) is 24.2. The highest BCUT2D eigenvalue weighted by Crippen LogP contribution is 1.99. The highest BCUT2D eigenvalue weighted by Gasteiger charge is 1.90. The summed E-state index contributed by atoms with van der Waals surface area (Å²) in [5, 5.41) is 0. The van der Waals surface area contributed by atoms with Crippen molar-refractivity contribution in [3.05, 3.63) is 35.4 Å². The van der Waals surface area contributed by atoms with Crippen molar-refractivity contribution < 1.29 is 48.7 Å². The lowest BCUT2D eigenvalue weighted by molar-refractivity contribution is -0.287. The third kappa shape index (κ3) is 53.5. The van der Waals surface area contributed by atoms with Gasteiger partial charge in [0.25, 0.3) is 0 Å². The number of benzene rings is 1. The fourth-order valence-corrected chi connectivity index (χ4v) is 1.37. The summed E-state index contributed by atoms with van der Waals surface area (Å²) in [5.74, 6) is 0. The molecule has 0 unspecified atom stereocenters. The fourth-order valence-electron chi connectivity index (χ4n) is 1.37. The number of aldehydes is 2. The lowest BCUT2D eigenvalue weighted by atomic mass is 10.2. The third-order valence-corrected chi connectivity index (χ3v) is 2.46. The molecule has 1 aromatic carbocycles. The molecule has 10 heteroatoms. The van der Waals surface area contributed by atoms with Gasteiger partial charge in [-0.15, -0.1) is 0 Å². The van der Waals surface area contributed by atoms with Gasteiger partial charge in [0.2, 0.25) is 0 Å². The van der Waals surface area contributed by atoms with E-state index in [1.807, 2.05) is 69.2 Å². The SMILES string of the molecule is CC.CCOOCC.CCOOCC.CCOOCC.CCOOCC.O=Cc1cccc(C=O)c1. The molecule has 216 valence electrons. The normalized spacial score (nSPS) is 8.61. The van der Waals surface area contributed by atoms with Crippen LogP contribution in [-0.2, 0) is 39.1 Å². The van der Waals surface area contributed by atoms with Crippen molar-refractivity contribution >= 4 is 12.6 Å². The Morgan fingerprint density at radius 3 is 0.806 bits per heavy atom. The standard InChI is InChI=1S/C8H6O2.4C4H10O2.C2H6/c9-5-7-2-1-3-8(4-7)6-10;4*1-3-5-6-4-2;1-2/h1-6H;4*3-4H2,1-2H3;1-2H3. The Hall–Kier alpha value is -1.76. The quantitative estimate of drug-likeness (QED) is 0.120. The minimum absolute atomic E-state index is 0.532. The van der Waals surface area contributed by atoms with Crippen molar-refractivity contribution in [2.45, 2.75) is 69.2 Å². The van der Waals surface area contributed by atoms with Gasteiger partial charge in [-0.05, 0) is 61.5 Å². The predicted octanol–water partition coefficient (Wildman–Crippen LogP) is 6.24. The van der Waals surface area contributed by atoms with Crippen LogP contribution in [0.3, 0.4) is 0 Å². The van der Waals surface area contributed by atoms with Crippen LogP contribution in [0.2, 0.25) is 0 Å². The van der Waals surface area contributed by atoms with E-state index in [0.29, 0.717) is 76.6 Å². The first kappa shape index (κ1) is 44.2. The van der Waals surface area contributed by atoms with Gasteiger partial charge < -0.3 is 0 Å². The second-order valence-corrected chi connectivity index (χ2v) is 5.16. The summed E-state index contributed by atoms with van der Waals surface area (Å²) in [6, 6.07) is 6.52. The molecule has 0 aliphatic rings. The molecular formula is C26H52O10. The zero-order chi connectivity index (χ0) is 28.7. The van der Waals surface area contributed by atoms with E-state index in [1.54, 1.807) is 24.3 Å². The van der Waals surface area contributed by atoms with Crippen LogP contribution in [0.15, 0.2) is 24.3 Å². The third-order valence-electron chi connectivity index (χ3n) is 2.46. The maximum absolute atomic E-state index is 10.2. The molecule has 0 amide bonds. The average molecular weight is 525 g/mol. The van der Waals surface area contributed by atoms with Crippen molar-refractivity contribution in [2.24, 2.45) is 0 Å². The van der Waals surface area contributed by atoms with Gasteiger partial charge in [-0.25, -0.2) is 39.1 Å². The average Bonchev–Trinajstić information content (AvgIpc) is 2.95. The van der Waals surface area contributed by atoms with Crippen LogP contribution in [0.4, 0.5) is 0 Å². The fraction of sp³-hybridized carbons (Fsp3) is 0.692. The molecular weight excluding hydrogens is 472 g/mol. The summed E-state index contributed by atoms with van der Waals surface area (Å²) in [6.07, 6.45) is 1.43. The van der Waals surface area contributed by atoms with Gasteiger partial charge in [-0.2, -0.15) is 0 Å². The summed E-state index contributed by atoms with van der Waals surface area (Å²) >= 11 is 0. The minimum atomic E-state index is 0.532. The second kappa shape index (κ2) is 50.2. The highest BCUT2D eigenvalue weighted by atomic mass is 17.2. The Balaban J connectivity index is -0.000000112. The van der Waals surface area contributed by atoms with E-state index < -0.39 is 0 Å². The molecule has 0 aliphatic heterocycles. The molecule has 0 spiro atoms. The number of hydrogen-bond acceptors (Lipinski definition) is 10. The molecule has 0 atom stereocenters. The summed E-state index contributed by atoms with van der Waals surface area (Å²) in [5.41, 5.74) is 1.06. The summed E-state index contributed by atoms with van der Waals surface area (Å²) < 4.78 is 0. The van der Waals surface area contributed by atoms with Gasteiger partial charge in [0.05, 0.1) is 52.9 Å². The Morgan fingerprint density at radius 2 is 0.667 bits per heavy atom. The molecule has 0 aromatic heterocycles. The van der Waals surface area contributed by atoms with Crippen LogP contribution in [-0.4, -0.2) is 65.4 Å². The van der Waals surface area contributed by atoms with Crippen molar-refractivity contribution in [1.29, 1.82) is 0 Å². The lowest BCUT2D eigenvalue weighted by Gasteiger charge is -1.92. The van der Waals surface area contributed by atoms with E-state index in [1.165, 1.54) is 0 Å². The Kier molecular flexibility index (Phi) is 61.7. The first-order valence-electron chi connectivity index (χ1n) is 12.5. The molecule has 0 bridgehead atoms. The maximum atomic E-state index is 10.2. The van der Waals surface area contributed by atoms with E-state index in [4.69, 9.17) is 0 Å². The van der Waals surface area contributed by atoms with Gasteiger partial charge >= 0.3 is 0 Å². The summed E-state index contributed by atoms with van der Waals surface area (Å²) in [7, 11) is 0. The smallest absolute Gasteiger partial charge is 0.150 e. The van der Waals surface area contributed by atoms with Crippen molar-refractivity contribution in [3.63, 3.8) is 0 Å². The van der Waals surface area contributed by atoms with Crippen LogP contribution in [0, 0.1) is 0 Å². The van der Waals surface area contributed by atoms with Gasteiger partial charge in [0.15, 0.2) is 0 Å². The maximum Gasteiger partial charge on any atom is 0.150 e. The molecule has 0 heterocycles. The number of carbonyl (C=O) groups is 2. The van der Waals surface area contributed by atoms with Gasteiger partial charge in [0, 0.05) is 11.1 Å². The molecule has 36 heavy (non-hydrogen) atoms. The second-order valence-electron chi connectivity index (χ2n) is 5.16. The Labute approximate surface area is 219 Å². The summed E-state index contributed by atoms with van der Waals surface area (Å²) in [4.78, 5) is 56.2. The number of carbonyl (C=O) groups excluding carboxylic acids is 2. The molecule has 0 saturated carbocycles. The minimum Gasteiger partial charge on any atom is -0.298 e. The largest absolute Gasteiger partial charge is 0.298 e. The molecule has 0 aliphatic carbocycles. The summed E-state index contributed by atoms with van der Waals surface area (Å²) in [6.45, 7) is 24.1. The van der Waals surface area contributed by atoms with E-state index in [9.17, 15) is 9.59 Å². The monoisotopic (exact) mass is 524 g/mol. The van der Waals surface area contributed by atoms with Crippen LogP contribution < -0.4 is 0 Å². The van der Waals surface area contributed by atoms with Gasteiger partial charge in [-0.1, -0.05) is 32.0 Å². The molecule has 1 aromatic rings. The van der Waals surface area contributed by atoms with Crippen molar-refractivity contribution in [3.8, 4) is 0 Å². The van der Waals surface area contributed by atoms with Crippen LogP contribution in [0.25, 0.3) is 0 Å². The Morgan fingerprint density at radius 1 is 0.472 bits per heavy atom. The van der Waals surface area contributed by atoms with Gasteiger partial charge in [0.1, 0.15) is 12.6 Å². The van der Waals surface area contributed by atoms with E-state index in [2.05, 4.69) is 39.1 Å². The van der Waals surface area contributed by atoms with Crippen LogP contribution in [0.1, 0.15) is 90.0 Å². The van der Waals surface area contributed by atoms with E-state index in [0.717, 1.165) is 0 Å². The number of rotatable bonds is 14. The molecule has 0 saturated heterocycles. The predicted molar refractivity (Wildman–Crippen MR) is 142 cm³/mol.